The molecule has 126 valence electrons. The smallest absolute Gasteiger partial charge is 0.407 e. The van der Waals surface area contributed by atoms with Crippen LogP contribution in [-0.2, 0) is 16.0 Å². The predicted molar refractivity (Wildman–Crippen MR) is 86.7 cm³/mol. The van der Waals surface area contributed by atoms with Crippen molar-refractivity contribution in [2.45, 2.75) is 31.8 Å². The predicted octanol–water partition coefficient (Wildman–Crippen LogP) is 1.29. The Balaban J connectivity index is 1.51. The molecule has 0 unspecified atom stereocenters. The molecule has 1 N–H and O–H groups in total. The fraction of sp³-hybridized carbons (Fsp3) is 0.471. The Bertz CT molecular complexity index is 815. The maximum atomic E-state index is 12.7. The number of carbonyl (C=O) groups excluding carboxylic acids is 2. The first-order valence-electron chi connectivity index (χ1n) is 8.23. The number of rotatable bonds is 2. The fourth-order valence-corrected chi connectivity index (χ4v) is 3.64. The lowest BCUT2D eigenvalue weighted by Crippen LogP contribution is -2.52. The van der Waals surface area contributed by atoms with E-state index in [1.54, 1.807) is 11.1 Å². The molecule has 2 aromatic heterocycles. The number of carbonyl (C=O) groups is 2. The Morgan fingerprint density at radius 3 is 3.17 bits per heavy atom. The summed E-state index contributed by atoms with van der Waals surface area (Å²) in [5.74, 6) is 0.0420. The van der Waals surface area contributed by atoms with E-state index >= 15 is 0 Å². The van der Waals surface area contributed by atoms with Gasteiger partial charge in [-0.2, -0.15) is 0 Å². The summed E-state index contributed by atoms with van der Waals surface area (Å²) in [6.07, 6.45) is 5.23. The Kier molecular flexibility index (Phi) is 3.44. The molecule has 2 aliphatic rings. The van der Waals surface area contributed by atoms with Gasteiger partial charge in [0.15, 0.2) is 0 Å². The molecular formula is C17H20N4O3. The van der Waals surface area contributed by atoms with Crippen LogP contribution in [-0.4, -0.2) is 51.5 Å². The van der Waals surface area contributed by atoms with E-state index in [2.05, 4.69) is 10.3 Å². The largest absolute Gasteiger partial charge is 0.439 e. The van der Waals surface area contributed by atoms with Gasteiger partial charge in [-0.25, -0.2) is 9.78 Å². The number of nitrogens with zero attached hydrogens (tertiary/aromatic N) is 3. The normalized spacial score (nSPS) is 23.5. The molecule has 7 nitrogen and oxygen atoms in total. The zero-order chi connectivity index (χ0) is 16.7. The maximum Gasteiger partial charge on any atom is 0.407 e. The molecule has 7 heteroatoms. The molecule has 1 atom stereocenters. The van der Waals surface area contributed by atoms with Gasteiger partial charge in [0.25, 0.3) is 0 Å². The summed E-state index contributed by atoms with van der Waals surface area (Å²) >= 11 is 0. The minimum Gasteiger partial charge on any atom is -0.439 e. The van der Waals surface area contributed by atoms with Gasteiger partial charge in [0, 0.05) is 18.9 Å². The van der Waals surface area contributed by atoms with E-state index in [4.69, 9.17) is 4.74 Å². The van der Waals surface area contributed by atoms with Crippen molar-refractivity contribution in [2.24, 2.45) is 0 Å². The average molecular weight is 328 g/mol. The number of likely N-dealkylation sites (tertiary alicyclic amines) is 1. The lowest BCUT2D eigenvalue weighted by atomic mass is 9.93. The minimum absolute atomic E-state index is 0.0420. The van der Waals surface area contributed by atoms with Gasteiger partial charge in [0.1, 0.15) is 11.2 Å². The molecule has 0 radical (unpaired) electrons. The average Bonchev–Trinajstić information content (AvgIpc) is 3.13. The summed E-state index contributed by atoms with van der Waals surface area (Å²) in [6, 6.07) is 3.96. The van der Waals surface area contributed by atoms with Gasteiger partial charge in [0.2, 0.25) is 5.91 Å². The zero-order valence-corrected chi connectivity index (χ0v) is 13.6. The number of alkyl carbamates (subject to hydrolysis) is 1. The van der Waals surface area contributed by atoms with Crippen LogP contribution in [0.4, 0.5) is 4.79 Å². The highest BCUT2D eigenvalue weighted by atomic mass is 16.6. The second kappa shape index (κ2) is 5.51. The van der Waals surface area contributed by atoms with Crippen molar-refractivity contribution in [2.75, 3.05) is 19.6 Å². The van der Waals surface area contributed by atoms with Crippen molar-refractivity contribution in [3.8, 4) is 0 Å². The number of hydrogen-bond acceptors (Lipinski definition) is 4. The first-order chi connectivity index (χ1) is 11.6. The van der Waals surface area contributed by atoms with Crippen molar-refractivity contribution in [3.05, 3.63) is 35.8 Å². The van der Waals surface area contributed by atoms with E-state index in [1.807, 2.05) is 29.7 Å². The Morgan fingerprint density at radius 2 is 2.38 bits per heavy atom. The van der Waals surface area contributed by atoms with E-state index in [-0.39, 0.29) is 12.0 Å². The summed E-state index contributed by atoms with van der Waals surface area (Å²) < 4.78 is 7.39. The summed E-state index contributed by atoms with van der Waals surface area (Å²) in [5.41, 5.74) is 2.28. The third-order valence-corrected chi connectivity index (χ3v) is 4.90. The molecular weight excluding hydrogens is 308 g/mol. The Morgan fingerprint density at radius 1 is 1.50 bits per heavy atom. The van der Waals surface area contributed by atoms with E-state index < -0.39 is 5.60 Å². The van der Waals surface area contributed by atoms with Crippen LogP contribution in [0.25, 0.3) is 5.65 Å². The molecule has 2 fully saturated rings. The van der Waals surface area contributed by atoms with Crippen LogP contribution in [0.5, 0.6) is 0 Å². The number of amides is 2. The molecule has 0 saturated carbocycles. The SMILES string of the molecule is Cc1cccn2c(CC(=O)N3CCC[C@]4(CNC(=O)O4)C3)cnc12. The third kappa shape index (κ3) is 2.50. The van der Waals surface area contributed by atoms with Crippen LogP contribution >= 0.6 is 0 Å². The Labute approximate surface area is 139 Å². The number of pyridine rings is 1. The van der Waals surface area contributed by atoms with Crippen LogP contribution < -0.4 is 5.32 Å². The van der Waals surface area contributed by atoms with Crippen LogP contribution in [0.15, 0.2) is 24.5 Å². The van der Waals surface area contributed by atoms with Crippen LogP contribution in [0.1, 0.15) is 24.1 Å². The molecule has 0 bridgehead atoms. The molecule has 2 amide bonds. The lowest BCUT2D eigenvalue weighted by Gasteiger charge is -2.38. The van der Waals surface area contributed by atoms with Gasteiger partial charge < -0.3 is 19.4 Å². The summed E-state index contributed by atoms with van der Waals surface area (Å²) in [5, 5.41) is 2.70. The minimum atomic E-state index is -0.555. The van der Waals surface area contributed by atoms with Gasteiger partial charge in [-0.15, -0.1) is 0 Å². The molecule has 4 rings (SSSR count). The lowest BCUT2D eigenvalue weighted by molar-refractivity contribution is -0.136. The Hall–Kier alpha value is -2.57. The highest BCUT2D eigenvalue weighted by Crippen LogP contribution is 2.28. The van der Waals surface area contributed by atoms with Crippen molar-refractivity contribution < 1.29 is 14.3 Å². The first kappa shape index (κ1) is 15.0. The van der Waals surface area contributed by atoms with Gasteiger partial charge in [-0.1, -0.05) is 6.07 Å². The van der Waals surface area contributed by atoms with Crippen LogP contribution in [0.3, 0.4) is 0 Å². The van der Waals surface area contributed by atoms with Crippen molar-refractivity contribution in [1.29, 1.82) is 0 Å². The van der Waals surface area contributed by atoms with Gasteiger partial charge >= 0.3 is 6.09 Å². The number of fused-ring (bicyclic) bond motifs is 1. The summed E-state index contributed by atoms with van der Waals surface area (Å²) in [7, 11) is 0. The molecule has 0 aliphatic carbocycles. The van der Waals surface area contributed by atoms with Crippen molar-refractivity contribution in [1.82, 2.24) is 19.6 Å². The van der Waals surface area contributed by atoms with E-state index in [0.29, 0.717) is 26.1 Å². The number of nitrogens with one attached hydrogen (secondary N) is 1. The van der Waals surface area contributed by atoms with E-state index in [1.165, 1.54) is 0 Å². The number of aryl methyl sites for hydroxylation is 1. The van der Waals surface area contributed by atoms with Crippen LogP contribution in [0, 0.1) is 6.92 Å². The molecule has 4 heterocycles. The molecule has 2 saturated heterocycles. The standard InChI is InChI=1S/C17H20N4O3/c1-12-4-2-7-21-13(9-18-15(12)21)8-14(22)20-6-3-5-17(11-20)10-19-16(23)24-17/h2,4,7,9H,3,5-6,8,10-11H2,1H3,(H,19,23)/t17-/m0/s1. The number of aromatic nitrogens is 2. The van der Waals surface area contributed by atoms with Crippen molar-refractivity contribution >= 4 is 17.6 Å². The van der Waals surface area contributed by atoms with Crippen molar-refractivity contribution in [3.63, 3.8) is 0 Å². The first-order valence-corrected chi connectivity index (χ1v) is 8.23. The quantitative estimate of drug-likeness (QED) is 0.901. The molecule has 0 aromatic carbocycles. The molecule has 24 heavy (non-hydrogen) atoms. The van der Waals surface area contributed by atoms with Crippen LogP contribution in [0.2, 0.25) is 0 Å². The van der Waals surface area contributed by atoms with Gasteiger partial charge in [-0.3, -0.25) is 4.79 Å². The van der Waals surface area contributed by atoms with E-state index in [9.17, 15) is 9.59 Å². The molecule has 2 aliphatic heterocycles. The second-order valence-electron chi connectivity index (χ2n) is 6.66. The van der Waals surface area contributed by atoms with E-state index in [0.717, 1.165) is 29.7 Å². The molecule has 1 spiro atoms. The molecule has 2 aromatic rings. The summed E-state index contributed by atoms with van der Waals surface area (Å²) in [6.45, 7) is 3.64. The summed E-state index contributed by atoms with van der Waals surface area (Å²) in [4.78, 5) is 30.3. The number of piperidine rings is 1. The third-order valence-electron chi connectivity index (χ3n) is 4.90. The monoisotopic (exact) mass is 328 g/mol. The fourth-order valence-electron chi connectivity index (χ4n) is 3.64. The number of hydrogen-bond donors (Lipinski definition) is 1. The highest BCUT2D eigenvalue weighted by Gasteiger charge is 2.44. The van der Waals surface area contributed by atoms with Gasteiger partial charge in [0.05, 0.1) is 25.2 Å². The zero-order valence-electron chi connectivity index (χ0n) is 13.6. The van der Waals surface area contributed by atoms with Gasteiger partial charge in [-0.05, 0) is 31.4 Å². The number of ether oxygens (including phenoxy) is 1. The highest BCUT2D eigenvalue weighted by molar-refractivity contribution is 5.79. The second-order valence-corrected chi connectivity index (χ2v) is 6.66. The number of imidazole rings is 1. The topological polar surface area (TPSA) is 75.9 Å². The maximum absolute atomic E-state index is 12.7.